The van der Waals surface area contributed by atoms with Gasteiger partial charge in [0.25, 0.3) is 0 Å². The third-order valence-electron chi connectivity index (χ3n) is 16.2. The number of carbonyl (C=O) groups is 3. The van der Waals surface area contributed by atoms with Crippen molar-refractivity contribution in [1.82, 2.24) is 50.6 Å². The smallest absolute Gasteiger partial charge is 0.319 e. The van der Waals surface area contributed by atoms with Crippen LogP contribution in [0.3, 0.4) is 0 Å². The quantitative estimate of drug-likeness (QED) is 0.0424. The molecule has 7 heterocycles. The molecule has 3 amide bonds. The number of amides is 3. The van der Waals surface area contributed by atoms with Gasteiger partial charge in [0.1, 0.15) is 40.7 Å². The highest BCUT2D eigenvalue weighted by molar-refractivity contribution is 7.13. The molecule has 422 valence electrons. The van der Waals surface area contributed by atoms with Gasteiger partial charge in [-0.05, 0) is 98.5 Å². The van der Waals surface area contributed by atoms with Gasteiger partial charge in [-0.3, -0.25) is 19.4 Å². The molecule has 80 heavy (non-hydrogen) atoms. The molecule has 4 atom stereocenters. The topological polar surface area (TPSA) is 181 Å². The number of halogens is 2. The van der Waals surface area contributed by atoms with Crippen LogP contribution in [0.5, 0.6) is 11.8 Å². The molecule has 3 aromatic heterocycles. The van der Waals surface area contributed by atoms with E-state index in [-0.39, 0.29) is 69.3 Å². The second kappa shape index (κ2) is 24.9. The van der Waals surface area contributed by atoms with Crippen molar-refractivity contribution in [2.24, 2.45) is 5.41 Å². The summed E-state index contributed by atoms with van der Waals surface area (Å²) in [6, 6.07) is 12.9. The predicted molar refractivity (Wildman–Crippen MR) is 308 cm³/mol. The fraction of sp³-hybridized carbons (Fsp3) is 0.492. The summed E-state index contributed by atoms with van der Waals surface area (Å²) in [7, 11) is 0. The number of nitrogens with one attached hydrogen (secondary N) is 3. The number of aromatic hydroxyl groups is 1. The van der Waals surface area contributed by atoms with E-state index in [9.17, 15) is 19.5 Å². The minimum atomic E-state index is -0.750. The lowest BCUT2D eigenvalue weighted by molar-refractivity contribution is -0.143. The maximum absolute atomic E-state index is 17.0. The molecule has 0 spiro atoms. The molecule has 19 heteroatoms. The number of aryl methyl sites for hydroxylation is 1. The van der Waals surface area contributed by atoms with Crippen molar-refractivity contribution in [3.8, 4) is 45.8 Å². The Morgan fingerprint density at radius 2 is 1.64 bits per heavy atom. The van der Waals surface area contributed by atoms with Gasteiger partial charge in [-0.2, -0.15) is 9.97 Å². The van der Waals surface area contributed by atoms with E-state index < -0.39 is 29.1 Å². The Hall–Kier alpha value is -6.85. The number of anilines is 1. The van der Waals surface area contributed by atoms with Crippen LogP contribution in [0.15, 0.2) is 60.2 Å². The van der Waals surface area contributed by atoms with E-state index in [2.05, 4.69) is 51.5 Å². The van der Waals surface area contributed by atoms with Crippen molar-refractivity contribution in [3.63, 3.8) is 0 Å². The fourth-order valence-electron chi connectivity index (χ4n) is 11.9. The number of ether oxygens (including phenoxy) is 1. The highest BCUT2D eigenvalue weighted by Crippen LogP contribution is 2.40. The summed E-state index contributed by atoms with van der Waals surface area (Å²) in [6.45, 7) is 16.0. The molecule has 10 rings (SSSR count). The average molecular weight is 1110 g/mol. The Morgan fingerprint density at radius 1 is 0.912 bits per heavy atom. The number of nitrogens with zero attached hydrogens (tertiary/aromatic N) is 8. The van der Waals surface area contributed by atoms with Crippen LogP contribution in [0.1, 0.15) is 102 Å². The molecule has 4 fully saturated rings. The number of terminal acetylenes is 1. The molecule has 16 nitrogen and oxygen atoms in total. The standard InChI is InChI=1S/C61H73F2N11O5S/c1-6-45-48(62)22-19-41-31-44(75)32-46(51(41)45)53-52(63)54-47(34-64-53)57(73-35-42-20-21-43(36-73)67-42)70-60(69-54)79-30-12-24-72-28-26-71(27-29-72)23-10-8-7-9-14-50(76)68-56(61(3,4)5)59(78)74-25-11-13-49(74)58(77)65-33-39-15-17-40(18-16-39)55-38(2)66-37-80-55/h1,15-19,22,31-32,34,37,42-43,49,56,67,75H,7-14,20-21,23-30,33,35-36H2,2-5H3,(H,65,77)(H,68,76)/t42?,43?,49-,56?/m0/s1. The summed E-state index contributed by atoms with van der Waals surface area (Å²) in [5.41, 5.74) is 4.35. The average Bonchev–Trinajstić information content (AvgIpc) is 4.23. The highest BCUT2D eigenvalue weighted by Gasteiger charge is 2.42. The number of benzene rings is 3. The minimum absolute atomic E-state index is 0.0175. The number of hydrogen-bond donors (Lipinski definition) is 4. The number of rotatable bonds is 20. The Balaban J connectivity index is 0.657. The summed E-state index contributed by atoms with van der Waals surface area (Å²) in [6.07, 6.45) is 15.4. The number of hydrogen-bond acceptors (Lipinski definition) is 14. The van der Waals surface area contributed by atoms with Gasteiger partial charge in [0.15, 0.2) is 5.82 Å². The van der Waals surface area contributed by atoms with E-state index in [4.69, 9.17) is 16.1 Å². The number of thiazole rings is 1. The third kappa shape index (κ3) is 12.8. The van der Waals surface area contributed by atoms with Crippen LogP contribution in [-0.2, 0) is 20.9 Å². The molecule has 3 aromatic carbocycles. The lowest BCUT2D eigenvalue weighted by Gasteiger charge is -2.35. The molecular formula is C61H73F2N11O5S. The Labute approximate surface area is 471 Å². The zero-order chi connectivity index (χ0) is 56.1. The second-order valence-corrected chi connectivity index (χ2v) is 23.9. The van der Waals surface area contributed by atoms with Crippen LogP contribution >= 0.6 is 11.3 Å². The second-order valence-electron chi connectivity index (χ2n) is 23.0. The highest BCUT2D eigenvalue weighted by atomic mass is 32.1. The molecule has 3 unspecified atom stereocenters. The lowest BCUT2D eigenvalue weighted by Crippen LogP contribution is -2.57. The lowest BCUT2D eigenvalue weighted by atomic mass is 9.85. The van der Waals surface area contributed by atoms with Crippen LogP contribution in [0.25, 0.3) is 43.4 Å². The molecule has 0 radical (unpaired) electrons. The van der Waals surface area contributed by atoms with Crippen LogP contribution in [0.4, 0.5) is 14.6 Å². The number of carbonyl (C=O) groups excluding carboxylic acids is 3. The van der Waals surface area contributed by atoms with E-state index in [0.29, 0.717) is 68.6 Å². The van der Waals surface area contributed by atoms with Crippen LogP contribution in [0.2, 0.25) is 0 Å². The summed E-state index contributed by atoms with van der Waals surface area (Å²) in [5.74, 6) is 0.888. The SMILES string of the molecule is C#Cc1c(F)ccc2cc(O)cc(-c3ncc4c(N5CC6CCC(C5)N6)nc(OCCCN5CCN(CCCCCCC(=O)NC(C(=O)N6CCC[C@H]6C(=O)NCc6ccc(-c7scnc7C)cc6)C(C)(C)C)CC5)nc4c3F)c12. The number of fused-ring (bicyclic) bond motifs is 4. The number of piperazine rings is 2. The van der Waals surface area contributed by atoms with Crippen molar-refractivity contribution in [2.75, 3.05) is 70.4 Å². The van der Waals surface area contributed by atoms with Crippen LogP contribution < -0.4 is 25.6 Å². The molecule has 0 aliphatic carbocycles. The van der Waals surface area contributed by atoms with E-state index >= 15 is 8.78 Å². The zero-order valence-corrected chi connectivity index (χ0v) is 47.1. The molecule has 2 bridgehead atoms. The summed E-state index contributed by atoms with van der Waals surface area (Å²) < 4.78 is 38.2. The molecule has 4 aliphatic rings. The van der Waals surface area contributed by atoms with E-state index in [1.54, 1.807) is 22.4 Å². The number of phenolic OH excluding ortho intramolecular Hbond substituents is 1. The monoisotopic (exact) mass is 1110 g/mol. The van der Waals surface area contributed by atoms with Crippen molar-refractivity contribution in [1.29, 1.82) is 0 Å². The van der Waals surface area contributed by atoms with E-state index in [0.717, 1.165) is 106 Å². The van der Waals surface area contributed by atoms with Gasteiger partial charge in [0.05, 0.1) is 33.6 Å². The van der Waals surface area contributed by atoms with Gasteiger partial charge in [-0.1, -0.05) is 69.9 Å². The first-order chi connectivity index (χ1) is 38.6. The van der Waals surface area contributed by atoms with Crippen molar-refractivity contribution in [2.45, 2.75) is 123 Å². The minimum Gasteiger partial charge on any atom is -0.508 e. The van der Waals surface area contributed by atoms with Gasteiger partial charge in [0.2, 0.25) is 17.7 Å². The molecule has 0 saturated carbocycles. The number of phenols is 1. The van der Waals surface area contributed by atoms with Crippen molar-refractivity contribution < 1.29 is 33.0 Å². The zero-order valence-electron chi connectivity index (χ0n) is 46.3. The fourth-order valence-corrected chi connectivity index (χ4v) is 12.7. The van der Waals surface area contributed by atoms with Crippen molar-refractivity contribution in [3.05, 3.63) is 88.7 Å². The number of aromatic nitrogens is 4. The first-order valence-electron chi connectivity index (χ1n) is 28.4. The largest absolute Gasteiger partial charge is 0.508 e. The molecule has 4 saturated heterocycles. The van der Waals surface area contributed by atoms with Gasteiger partial charge >= 0.3 is 6.01 Å². The Morgan fingerprint density at radius 3 is 2.34 bits per heavy atom. The first-order valence-corrected chi connectivity index (χ1v) is 29.2. The third-order valence-corrected chi connectivity index (χ3v) is 17.2. The van der Waals surface area contributed by atoms with Gasteiger partial charge in [-0.15, -0.1) is 17.8 Å². The summed E-state index contributed by atoms with van der Waals surface area (Å²) in [4.78, 5) is 69.1. The Bertz CT molecular complexity index is 3250. The number of likely N-dealkylation sites (tertiary alicyclic amines) is 1. The normalized spacial score (nSPS) is 19.1. The summed E-state index contributed by atoms with van der Waals surface area (Å²) >= 11 is 1.60. The summed E-state index contributed by atoms with van der Waals surface area (Å²) in [5, 5.41) is 21.6. The van der Waals surface area contributed by atoms with Crippen LogP contribution in [-0.4, -0.2) is 147 Å². The Kier molecular flexibility index (Phi) is 17.6. The maximum Gasteiger partial charge on any atom is 0.319 e. The van der Waals surface area contributed by atoms with Crippen molar-refractivity contribution >= 4 is 56.6 Å². The van der Waals surface area contributed by atoms with E-state index in [1.165, 1.54) is 24.3 Å². The molecular weight excluding hydrogens is 1040 g/mol. The maximum atomic E-state index is 17.0. The molecule has 4 N–H and O–H groups in total. The van der Waals surface area contributed by atoms with E-state index in [1.807, 2.05) is 57.5 Å². The first kappa shape index (κ1) is 56.4. The molecule has 6 aromatic rings. The number of pyridine rings is 1. The number of unbranched alkanes of at least 4 members (excludes halogenated alkanes) is 3. The van der Waals surface area contributed by atoms with Gasteiger partial charge in [-0.25, -0.2) is 13.8 Å². The predicted octanol–water partition coefficient (Wildman–Crippen LogP) is 8.36. The van der Waals surface area contributed by atoms with Crippen LogP contribution in [0, 0.1) is 36.3 Å². The molecule has 4 aliphatic heterocycles. The van der Waals surface area contributed by atoms with Gasteiger partial charge < -0.3 is 45.4 Å². The van der Waals surface area contributed by atoms with Gasteiger partial charge in [0, 0.05) is 94.6 Å².